The third kappa shape index (κ3) is 3.12. The Hall–Kier alpha value is -1.56. The largest absolute Gasteiger partial charge is 0.417 e. The standard InChI is InChI=1S/C14H17F3N2O/c1-18-10-5-4-8-19(9-10)13(20)11-6-2-3-7-12(11)14(15,16)17/h2-3,6-7,10,18H,4-5,8-9H2,1H3/t10-/m1/s1. The monoisotopic (exact) mass is 286 g/mol. The number of hydrogen-bond acceptors (Lipinski definition) is 2. The van der Waals surface area contributed by atoms with Crippen LogP contribution in [-0.4, -0.2) is 37.0 Å². The highest BCUT2D eigenvalue weighted by Gasteiger charge is 2.36. The van der Waals surface area contributed by atoms with Gasteiger partial charge in [0.05, 0.1) is 11.1 Å². The summed E-state index contributed by atoms with van der Waals surface area (Å²) < 4.78 is 38.8. The van der Waals surface area contributed by atoms with Crippen LogP contribution in [0, 0.1) is 0 Å². The molecule has 3 nitrogen and oxygen atoms in total. The lowest BCUT2D eigenvalue weighted by atomic mass is 10.0. The van der Waals surface area contributed by atoms with Crippen LogP contribution in [0.2, 0.25) is 0 Å². The van der Waals surface area contributed by atoms with Crippen molar-refractivity contribution < 1.29 is 18.0 Å². The van der Waals surface area contributed by atoms with Gasteiger partial charge in [0, 0.05) is 19.1 Å². The molecule has 6 heteroatoms. The summed E-state index contributed by atoms with van der Waals surface area (Å²) in [5.41, 5.74) is -1.13. The minimum Gasteiger partial charge on any atom is -0.337 e. The van der Waals surface area contributed by atoms with E-state index in [9.17, 15) is 18.0 Å². The Bertz CT molecular complexity index is 488. The molecule has 0 spiro atoms. The molecule has 1 aliphatic heterocycles. The molecule has 0 unspecified atom stereocenters. The molecule has 0 saturated carbocycles. The number of carbonyl (C=O) groups excluding carboxylic acids is 1. The number of nitrogens with zero attached hydrogens (tertiary/aromatic N) is 1. The Balaban J connectivity index is 2.25. The summed E-state index contributed by atoms with van der Waals surface area (Å²) in [4.78, 5) is 13.8. The summed E-state index contributed by atoms with van der Waals surface area (Å²) in [6, 6.07) is 5.10. The molecule has 0 aromatic heterocycles. The molecule has 1 saturated heterocycles. The highest BCUT2D eigenvalue weighted by atomic mass is 19.4. The molecule has 1 atom stereocenters. The zero-order valence-corrected chi connectivity index (χ0v) is 11.2. The highest BCUT2D eigenvalue weighted by molar-refractivity contribution is 5.96. The molecule has 110 valence electrons. The first-order valence-electron chi connectivity index (χ1n) is 6.56. The van der Waals surface area contributed by atoms with Crippen molar-refractivity contribution >= 4 is 5.91 Å². The first-order valence-corrected chi connectivity index (χ1v) is 6.56. The normalized spacial score (nSPS) is 20.0. The first kappa shape index (κ1) is 14.8. The minimum atomic E-state index is -4.51. The lowest BCUT2D eigenvalue weighted by molar-refractivity contribution is -0.138. The molecule has 0 radical (unpaired) electrons. The molecule has 1 N–H and O–H groups in total. The van der Waals surface area contributed by atoms with Gasteiger partial charge in [-0.25, -0.2) is 0 Å². The molecule has 2 rings (SSSR count). The van der Waals surface area contributed by atoms with Crippen LogP contribution in [0.5, 0.6) is 0 Å². The molecular weight excluding hydrogens is 269 g/mol. The smallest absolute Gasteiger partial charge is 0.337 e. The predicted octanol–water partition coefficient (Wildman–Crippen LogP) is 2.53. The number of likely N-dealkylation sites (N-methyl/N-ethyl adjacent to an activating group) is 1. The summed E-state index contributed by atoms with van der Waals surface area (Å²) >= 11 is 0. The van der Waals surface area contributed by atoms with Crippen LogP contribution in [0.15, 0.2) is 24.3 Å². The molecule has 20 heavy (non-hydrogen) atoms. The van der Waals surface area contributed by atoms with Gasteiger partial charge in [0.15, 0.2) is 0 Å². The predicted molar refractivity (Wildman–Crippen MR) is 69.4 cm³/mol. The van der Waals surface area contributed by atoms with Gasteiger partial charge in [0.2, 0.25) is 0 Å². The van der Waals surface area contributed by atoms with Gasteiger partial charge in [-0.05, 0) is 32.0 Å². The average Bonchev–Trinajstić information content (AvgIpc) is 2.45. The number of alkyl halides is 3. The average molecular weight is 286 g/mol. The fraction of sp³-hybridized carbons (Fsp3) is 0.500. The van der Waals surface area contributed by atoms with E-state index in [1.54, 1.807) is 7.05 Å². The van der Waals surface area contributed by atoms with Gasteiger partial charge in [0.1, 0.15) is 0 Å². The minimum absolute atomic E-state index is 0.144. The number of benzene rings is 1. The van der Waals surface area contributed by atoms with Crippen molar-refractivity contribution in [2.45, 2.75) is 25.1 Å². The number of carbonyl (C=O) groups is 1. The van der Waals surface area contributed by atoms with Gasteiger partial charge in [-0.15, -0.1) is 0 Å². The fourth-order valence-corrected chi connectivity index (χ4v) is 2.48. The maximum Gasteiger partial charge on any atom is 0.417 e. The van der Waals surface area contributed by atoms with Crippen LogP contribution in [0.1, 0.15) is 28.8 Å². The van der Waals surface area contributed by atoms with E-state index in [0.717, 1.165) is 18.9 Å². The van der Waals surface area contributed by atoms with Crippen LogP contribution in [0.25, 0.3) is 0 Å². The summed E-state index contributed by atoms with van der Waals surface area (Å²) in [5.74, 6) is -0.544. The topological polar surface area (TPSA) is 32.3 Å². The molecule has 1 aromatic rings. The van der Waals surface area contributed by atoms with E-state index in [2.05, 4.69) is 5.32 Å². The zero-order valence-electron chi connectivity index (χ0n) is 11.2. The van der Waals surface area contributed by atoms with Gasteiger partial charge in [-0.1, -0.05) is 12.1 Å². The van der Waals surface area contributed by atoms with E-state index in [4.69, 9.17) is 0 Å². The van der Waals surface area contributed by atoms with Gasteiger partial charge >= 0.3 is 6.18 Å². The maximum absolute atomic E-state index is 12.9. The Morgan fingerprint density at radius 1 is 1.35 bits per heavy atom. The maximum atomic E-state index is 12.9. The third-order valence-corrected chi connectivity index (χ3v) is 3.58. The van der Waals surface area contributed by atoms with Crippen LogP contribution in [0.3, 0.4) is 0 Å². The molecule has 1 amide bonds. The molecule has 1 aromatic carbocycles. The first-order chi connectivity index (χ1) is 9.43. The summed E-state index contributed by atoms with van der Waals surface area (Å²) in [6.45, 7) is 0.949. The van der Waals surface area contributed by atoms with Gasteiger partial charge in [-0.3, -0.25) is 4.79 Å². The second-order valence-corrected chi connectivity index (χ2v) is 4.92. The van der Waals surface area contributed by atoms with E-state index in [0.29, 0.717) is 13.1 Å². The molecule has 0 aliphatic carbocycles. The van der Waals surface area contributed by atoms with E-state index in [-0.39, 0.29) is 11.6 Å². The van der Waals surface area contributed by atoms with Crippen molar-refractivity contribution in [1.29, 1.82) is 0 Å². The second-order valence-electron chi connectivity index (χ2n) is 4.92. The Morgan fingerprint density at radius 3 is 2.70 bits per heavy atom. The Kier molecular flexibility index (Phi) is 4.32. The fourth-order valence-electron chi connectivity index (χ4n) is 2.48. The van der Waals surface area contributed by atoms with Crippen LogP contribution < -0.4 is 5.32 Å². The number of likely N-dealkylation sites (tertiary alicyclic amines) is 1. The van der Waals surface area contributed by atoms with E-state index < -0.39 is 17.6 Å². The summed E-state index contributed by atoms with van der Waals surface area (Å²) in [5, 5.41) is 3.07. The lowest BCUT2D eigenvalue weighted by Crippen LogP contribution is -2.47. The second kappa shape index (κ2) is 5.83. The van der Waals surface area contributed by atoms with Crippen molar-refractivity contribution in [3.8, 4) is 0 Å². The molecule has 1 fully saturated rings. The van der Waals surface area contributed by atoms with E-state index in [1.165, 1.54) is 23.1 Å². The molecular formula is C14H17F3N2O. The number of piperidine rings is 1. The van der Waals surface area contributed by atoms with Crippen molar-refractivity contribution in [3.63, 3.8) is 0 Å². The third-order valence-electron chi connectivity index (χ3n) is 3.58. The SMILES string of the molecule is CN[C@@H]1CCCN(C(=O)c2ccccc2C(F)(F)F)C1. The highest BCUT2D eigenvalue weighted by Crippen LogP contribution is 2.32. The van der Waals surface area contributed by atoms with Crippen molar-refractivity contribution in [2.24, 2.45) is 0 Å². The van der Waals surface area contributed by atoms with Gasteiger partial charge in [0.25, 0.3) is 5.91 Å². The number of halogens is 3. The lowest BCUT2D eigenvalue weighted by Gasteiger charge is -2.33. The van der Waals surface area contributed by atoms with Crippen LogP contribution in [0.4, 0.5) is 13.2 Å². The number of rotatable bonds is 2. The van der Waals surface area contributed by atoms with Crippen molar-refractivity contribution in [3.05, 3.63) is 35.4 Å². The number of nitrogens with one attached hydrogen (secondary N) is 1. The van der Waals surface area contributed by atoms with Crippen molar-refractivity contribution in [1.82, 2.24) is 10.2 Å². The van der Waals surface area contributed by atoms with Crippen LogP contribution in [-0.2, 0) is 6.18 Å². The number of amides is 1. The van der Waals surface area contributed by atoms with E-state index in [1.807, 2.05) is 0 Å². The van der Waals surface area contributed by atoms with Gasteiger partial charge in [-0.2, -0.15) is 13.2 Å². The summed E-state index contributed by atoms with van der Waals surface area (Å²) in [7, 11) is 1.79. The quantitative estimate of drug-likeness (QED) is 0.906. The van der Waals surface area contributed by atoms with Crippen molar-refractivity contribution in [2.75, 3.05) is 20.1 Å². The summed E-state index contributed by atoms with van der Waals surface area (Å²) in [6.07, 6.45) is -2.78. The van der Waals surface area contributed by atoms with Crippen LogP contribution >= 0.6 is 0 Å². The number of hydrogen-bond donors (Lipinski definition) is 1. The van der Waals surface area contributed by atoms with E-state index >= 15 is 0 Å². The Labute approximate surface area is 115 Å². The molecule has 0 bridgehead atoms. The molecule has 1 heterocycles. The Morgan fingerprint density at radius 2 is 2.05 bits per heavy atom. The molecule has 1 aliphatic rings. The van der Waals surface area contributed by atoms with Gasteiger partial charge < -0.3 is 10.2 Å². The zero-order chi connectivity index (χ0) is 14.8.